The van der Waals surface area contributed by atoms with Crippen molar-refractivity contribution in [3.63, 3.8) is 0 Å². The summed E-state index contributed by atoms with van der Waals surface area (Å²) in [5.41, 5.74) is -0.846. The summed E-state index contributed by atoms with van der Waals surface area (Å²) >= 11 is 0. The second-order valence-electron chi connectivity index (χ2n) is 11.1. The van der Waals surface area contributed by atoms with Crippen LogP contribution in [0.25, 0.3) is 10.9 Å². The third-order valence-electron chi connectivity index (χ3n) is 8.57. The zero-order valence-electron chi connectivity index (χ0n) is 22.1. The maximum atomic E-state index is 15.0. The summed E-state index contributed by atoms with van der Waals surface area (Å²) in [6.45, 7) is 5.94. The number of aromatic nitrogens is 3. The molecular weight excluding hydrogens is 512 g/mol. The van der Waals surface area contributed by atoms with Gasteiger partial charge >= 0.3 is 0 Å². The molecule has 3 aromatic rings. The molecule has 2 saturated heterocycles. The van der Waals surface area contributed by atoms with E-state index in [2.05, 4.69) is 25.1 Å². The number of hydrogen-bond acceptors (Lipinski definition) is 6. The van der Waals surface area contributed by atoms with E-state index in [0.717, 1.165) is 32.0 Å². The van der Waals surface area contributed by atoms with Crippen LogP contribution in [-0.2, 0) is 5.54 Å². The van der Waals surface area contributed by atoms with Crippen molar-refractivity contribution >= 4 is 22.4 Å². The highest BCUT2D eigenvalue weighted by Crippen LogP contribution is 2.44. The molecule has 1 aliphatic carbocycles. The number of alkyl halides is 3. The van der Waals surface area contributed by atoms with E-state index in [1.807, 2.05) is 0 Å². The Kier molecular flexibility index (Phi) is 6.52. The minimum absolute atomic E-state index is 0.0746. The molecule has 4 heterocycles. The van der Waals surface area contributed by atoms with E-state index < -0.39 is 36.1 Å². The quantitative estimate of drug-likeness (QED) is 0.418. The molecule has 0 spiro atoms. The maximum absolute atomic E-state index is 15.0. The number of pyridine rings is 1. The second-order valence-corrected chi connectivity index (χ2v) is 11.1. The van der Waals surface area contributed by atoms with Crippen molar-refractivity contribution in [1.82, 2.24) is 19.4 Å². The van der Waals surface area contributed by atoms with E-state index in [9.17, 15) is 22.4 Å². The molecule has 0 radical (unpaired) electrons. The summed E-state index contributed by atoms with van der Waals surface area (Å²) in [6.07, 6.45) is 1.97. The Morgan fingerprint density at radius 1 is 1.15 bits per heavy atom. The molecule has 1 aromatic carbocycles. The van der Waals surface area contributed by atoms with E-state index in [-0.39, 0.29) is 11.1 Å². The topological polar surface area (TPSA) is 66.3 Å². The third-order valence-corrected chi connectivity index (χ3v) is 8.57. The van der Waals surface area contributed by atoms with Gasteiger partial charge in [-0.2, -0.15) is 0 Å². The molecule has 6 rings (SSSR count). The lowest BCUT2D eigenvalue weighted by molar-refractivity contribution is 0.146. The molecule has 1 saturated carbocycles. The highest BCUT2D eigenvalue weighted by Gasteiger charge is 2.47. The fourth-order valence-electron chi connectivity index (χ4n) is 6.17. The summed E-state index contributed by atoms with van der Waals surface area (Å²) < 4.78 is 57.4. The first-order valence-electron chi connectivity index (χ1n) is 13.5. The summed E-state index contributed by atoms with van der Waals surface area (Å²) in [6, 6.07) is 3.56. The van der Waals surface area contributed by atoms with Crippen LogP contribution in [-0.4, -0.2) is 58.3 Å². The van der Waals surface area contributed by atoms with E-state index >= 15 is 0 Å². The lowest BCUT2D eigenvalue weighted by atomic mass is 10.0. The molecule has 0 amide bonds. The molecule has 2 aromatic heterocycles. The van der Waals surface area contributed by atoms with E-state index in [1.165, 1.54) is 16.7 Å². The predicted molar refractivity (Wildman–Crippen MR) is 142 cm³/mol. The zero-order valence-corrected chi connectivity index (χ0v) is 22.1. The van der Waals surface area contributed by atoms with E-state index in [0.29, 0.717) is 60.2 Å². The molecule has 0 bridgehead atoms. The Morgan fingerprint density at radius 2 is 1.92 bits per heavy atom. The fraction of sp³-hybridized carbons (Fsp3) is 0.536. The van der Waals surface area contributed by atoms with Crippen molar-refractivity contribution in [2.24, 2.45) is 0 Å². The number of piperazine rings is 1. The van der Waals surface area contributed by atoms with Gasteiger partial charge in [0.15, 0.2) is 0 Å². The van der Waals surface area contributed by atoms with Gasteiger partial charge in [-0.25, -0.2) is 27.5 Å². The standard InChI is InChI=1S/C28H32F4N6O/c1-16(19-6-3-7-20(22(19)30)25(31)32)33-26-21-14-38(28(15-29)8-9-28)27(39)24(23(21)34-17(2)35-26)37-12-11-36-10-4-5-18(36)13-37/h3,6-7,14,16,18,25H,4-5,8-13,15H2,1-2H3,(H,33,34,35)/t16?,18-/m1/s1. The average Bonchev–Trinajstić information content (AvgIpc) is 3.56. The maximum Gasteiger partial charge on any atom is 0.276 e. The number of fused-ring (bicyclic) bond motifs is 2. The van der Waals surface area contributed by atoms with Gasteiger partial charge in [0.25, 0.3) is 12.0 Å². The summed E-state index contributed by atoms with van der Waals surface area (Å²) in [4.78, 5) is 27.7. The molecule has 208 valence electrons. The van der Waals surface area contributed by atoms with Gasteiger partial charge < -0.3 is 14.8 Å². The van der Waals surface area contributed by atoms with Crippen LogP contribution in [0.3, 0.4) is 0 Å². The summed E-state index contributed by atoms with van der Waals surface area (Å²) in [5, 5.41) is 3.70. The lowest BCUT2D eigenvalue weighted by Gasteiger charge is -2.39. The first-order chi connectivity index (χ1) is 18.7. The number of anilines is 2. The van der Waals surface area contributed by atoms with E-state index in [4.69, 9.17) is 0 Å². The average molecular weight is 545 g/mol. The van der Waals surface area contributed by atoms with Gasteiger partial charge in [0.1, 0.15) is 35.3 Å². The van der Waals surface area contributed by atoms with Gasteiger partial charge in [-0.1, -0.05) is 18.2 Å². The van der Waals surface area contributed by atoms with E-state index in [1.54, 1.807) is 20.0 Å². The molecule has 7 nitrogen and oxygen atoms in total. The molecule has 1 unspecified atom stereocenters. The molecule has 1 N–H and O–H groups in total. The Bertz CT molecular complexity index is 1470. The Labute approximate surface area is 223 Å². The molecule has 11 heteroatoms. The van der Waals surface area contributed by atoms with Crippen LogP contribution in [0.15, 0.2) is 29.2 Å². The van der Waals surface area contributed by atoms with Crippen LogP contribution in [0.5, 0.6) is 0 Å². The molecule has 3 aliphatic rings. The molecule has 3 fully saturated rings. The Balaban J connectivity index is 1.48. The summed E-state index contributed by atoms with van der Waals surface area (Å²) in [5.74, 6) is -0.219. The van der Waals surface area contributed by atoms with Crippen LogP contribution in [0.2, 0.25) is 0 Å². The van der Waals surface area contributed by atoms with Gasteiger partial charge in [-0.3, -0.25) is 9.69 Å². The highest BCUT2D eigenvalue weighted by atomic mass is 19.3. The number of nitrogens with one attached hydrogen (secondary N) is 1. The number of aryl methyl sites for hydroxylation is 1. The largest absolute Gasteiger partial charge is 0.363 e. The highest BCUT2D eigenvalue weighted by molar-refractivity contribution is 5.97. The van der Waals surface area contributed by atoms with Crippen LogP contribution in [0.4, 0.5) is 29.1 Å². The van der Waals surface area contributed by atoms with Crippen molar-refractivity contribution in [3.05, 3.63) is 57.5 Å². The molecule has 2 aliphatic heterocycles. The van der Waals surface area contributed by atoms with Gasteiger partial charge in [-0.05, 0) is 46.1 Å². The van der Waals surface area contributed by atoms with Gasteiger partial charge in [0.05, 0.1) is 22.5 Å². The first kappa shape index (κ1) is 26.0. The summed E-state index contributed by atoms with van der Waals surface area (Å²) in [7, 11) is 0. The third kappa shape index (κ3) is 4.44. The van der Waals surface area contributed by atoms with Crippen molar-refractivity contribution in [3.8, 4) is 0 Å². The molecular formula is C28H32F4N6O. The Hall–Kier alpha value is -3.21. The fourth-order valence-corrected chi connectivity index (χ4v) is 6.17. The number of hydrogen-bond donors (Lipinski definition) is 1. The normalized spacial score (nSPS) is 21.4. The number of benzene rings is 1. The predicted octanol–water partition coefficient (Wildman–Crippen LogP) is 5.09. The van der Waals surface area contributed by atoms with Crippen molar-refractivity contribution in [1.29, 1.82) is 0 Å². The Morgan fingerprint density at radius 3 is 2.64 bits per heavy atom. The number of rotatable bonds is 7. The lowest BCUT2D eigenvalue weighted by Crippen LogP contribution is -2.52. The first-order valence-corrected chi connectivity index (χ1v) is 13.5. The van der Waals surface area contributed by atoms with Crippen molar-refractivity contribution in [2.75, 3.05) is 43.1 Å². The van der Waals surface area contributed by atoms with Crippen molar-refractivity contribution in [2.45, 2.75) is 63.6 Å². The smallest absolute Gasteiger partial charge is 0.276 e. The van der Waals surface area contributed by atoms with Crippen LogP contribution >= 0.6 is 0 Å². The SMILES string of the molecule is Cc1nc(NC(C)c2cccc(C(F)F)c2F)c2cn(C3(CF)CC3)c(=O)c(N3CCN4CCC[C@@H]4C3)c2n1. The zero-order chi connectivity index (χ0) is 27.5. The van der Waals surface area contributed by atoms with Crippen LogP contribution in [0, 0.1) is 12.7 Å². The van der Waals surface area contributed by atoms with Gasteiger partial charge in [-0.15, -0.1) is 0 Å². The number of nitrogens with zero attached hydrogens (tertiary/aromatic N) is 5. The second kappa shape index (κ2) is 9.76. The van der Waals surface area contributed by atoms with Crippen molar-refractivity contribution < 1.29 is 17.6 Å². The van der Waals surface area contributed by atoms with Crippen LogP contribution in [0.1, 0.15) is 62.0 Å². The minimum atomic E-state index is -2.94. The minimum Gasteiger partial charge on any atom is -0.363 e. The molecule has 2 atom stereocenters. The number of halogens is 4. The van der Waals surface area contributed by atoms with Gasteiger partial charge in [0.2, 0.25) is 0 Å². The monoisotopic (exact) mass is 544 g/mol. The van der Waals surface area contributed by atoms with Gasteiger partial charge in [0, 0.05) is 37.4 Å². The van der Waals surface area contributed by atoms with Crippen LogP contribution < -0.4 is 15.8 Å². The molecule has 39 heavy (non-hydrogen) atoms.